The summed E-state index contributed by atoms with van der Waals surface area (Å²) in [6.07, 6.45) is 0. The lowest BCUT2D eigenvalue weighted by atomic mass is 10.1. The quantitative estimate of drug-likeness (QED) is 0.589. The molecule has 0 radical (unpaired) electrons. The van der Waals surface area contributed by atoms with Gasteiger partial charge in [-0.05, 0) is 65.4 Å². The molecule has 0 saturated heterocycles. The number of hydrogen-bond donors (Lipinski definition) is 1. The highest BCUT2D eigenvalue weighted by Crippen LogP contribution is 2.26. The van der Waals surface area contributed by atoms with E-state index in [1.807, 2.05) is 19.1 Å². The number of halogens is 4. The van der Waals surface area contributed by atoms with Crippen molar-refractivity contribution in [1.82, 2.24) is 5.32 Å². The zero-order valence-corrected chi connectivity index (χ0v) is 15.4. The first-order valence-electron chi connectivity index (χ1n) is 6.09. The summed E-state index contributed by atoms with van der Waals surface area (Å²) in [5.41, 5.74) is 1.43. The van der Waals surface area contributed by atoms with Crippen LogP contribution in [0.15, 0.2) is 36.4 Å². The lowest BCUT2D eigenvalue weighted by Gasteiger charge is -2.16. The van der Waals surface area contributed by atoms with E-state index in [0.29, 0.717) is 20.6 Å². The van der Waals surface area contributed by atoms with Gasteiger partial charge in [0, 0.05) is 8.59 Å². The Morgan fingerprint density at radius 3 is 2.48 bits per heavy atom. The van der Waals surface area contributed by atoms with Gasteiger partial charge in [0.2, 0.25) is 0 Å². The number of rotatable bonds is 3. The van der Waals surface area contributed by atoms with Crippen LogP contribution < -0.4 is 5.32 Å². The second-order valence-corrected chi connectivity index (χ2v) is 6.91. The summed E-state index contributed by atoms with van der Waals surface area (Å²) in [5, 5.41) is 4.41. The molecule has 0 aromatic heterocycles. The molecule has 0 aliphatic heterocycles. The maximum Gasteiger partial charge on any atom is 0.252 e. The van der Waals surface area contributed by atoms with Gasteiger partial charge >= 0.3 is 0 Å². The average molecular weight is 455 g/mol. The van der Waals surface area contributed by atoms with Crippen molar-refractivity contribution in [3.63, 3.8) is 0 Å². The van der Waals surface area contributed by atoms with E-state index in [0.717, 1.165) is 9.13 Å². The van der Waals surface area contributed by atoms with E-state index >= 15 is 0 Å². The fourth-order valence-electron chi connectivity index (χ4n) is 1.81. The molecule has 0 aliphatic carbocycles. The molecule has 2 nitrogen and oxygen atoms in total. The van der Waals surface area contributed by atoms with Crippen LogP contribution >= 0.6 is 57.4 Å². The Bertz CT molecular complexity index is 691. The lowest BCUT2D eigenvalue weighted by Crippen LogP contribution is -2.27. The standard InChI is InChI=1S/C15H11Cl3INO/c1-8(9-2-4-12(17)13(18)6-9)20-15(21)11-7-10(16)3-5-14(11)19/h2-8H,1H3,(H,20,21). The van der Waals surface area contributed by atoms with E-state index in [4.69, 9.17) is 34.8 Å². The molecule has 1 atom stereocenters. The fourth-order valence-corrected chi connectivity index (χ4v) is 2.87. The maximum absolute atomic E-state index is 12.3. The number of benzene rings is 2. The molecule has 0 aliphatic rings. The van der Waals surface area contributed by atoms with Crippen molar-refractivity contribution in [1.29, 1.82) is 0 Å². The van der Waals surface area contributed by atoms with Crippen molar-refractivity contribution in [3.05, 3.63) is 66.2 Å². The molecule has 1 unspecified atom stereocenters. The summed E-state index contributed by atoms with van der Waals surface area (Å²) >= 11 is 19.9. The molecule has 2 rings (SSSR count). The Balaban J connectivity index is 2.18. The van der Waals surface area contributed by atoms with Gasteiger partial charge in [0.15, 0.2) is 0 Å². The van der Waals surface area contributed by atoms with Gasteiger partial charge in [-0.3, -0.25) is 4.79 Å². The summed E-state index contributed by atoms with van der Waals surface area (Å²) < 4.78 is 0.843. The van der Waals surface area contributed by atoms with E-state index in [2.05, 4.69) is 27.9 Å². The second-order valence-electron chi connectivity index (χ2n) is 4.49. The molecular weight excluding hydrogens is 443 g/mol. The van der Waals surface area contributed by atoms with E-state index in [1.165, 1.54) is 0 Å². The molecular formula is C15H11Cl3INO. The summed E-state index contributed by atoms with van der Waals surface area (Å²) in [6.45, 7) is 1.88. The molecule has 0 fully saturated rings. The molecule has 0 bridgehead atoms. The Hall–Kier alpha value is -0.490. The first-order chi connectivity index (χ1) is 9.88. The number of hydrogen-bond acceptors (Lipinski definition) is 1. The topological polar surface area (TPSA) is 29.1 Å². The predicted molar refractivity (Wildman–Crippen MR) is 96.5 cm³/mol. The molecule has 2 aromatic rings. The Morgan fingerprint density at radius 1 is 1.10 bits per heavy atom. The molecule has 110 valence electrons. The van der Waals surface area contributed by atoms with Crippen molar-refractivity contribution in [2.45, 2.75) is 13.0 Å². The average Bonchev–Trinajstić information content (AvgIpc) is 2.44. The molecule has 0 spiro atoms. The molecule has 21 heavy (non-hydrogen) atoms. The summed E-state index contributed by atoms with van der Waals surface area (Å²) in [7, 11) is 0. The highest BCUT2D eigenvalue weighted by atomic mass is 127. The van der Waals surface area contributed by atoms with Gasteiger partial charge in [-0.25, -0.2) is 0 Å². The molecule has 2 aromatic carbocycles. The van der Waals surface area contributed by atoms with Crippen molar-refractivity contribution < 1.29 is 4.79 Å². The van der Waals surface area contributed by atoms with Gasteiger partial charge in [0.1, 0.15) is 0 Å². The van der Waals surface area contributed by atoms with Gasteiger partial charge in [-0.2, -0.15) is 0 Å². The SMILES string of the molecule is CC(NC(=O)c1cc(Cl)ccc1I)c1ccc(Cl)c(Cl)c1. The number of nitrogens with one attached hydrogen (secondary N) is 1. The van der Waals surface area contributed by atoms with Gasteiger partial charge in [-0.1, -0.05) is 40.9 Å². The molecule has 1 N–H and O–H groups in total. The zero-order valence-electron chi connectivity index (χ0n) is 11.0. The summed E-state index contributed by atoms with van der Waals surface area (Å²) in [4.78, 5) is 12.3. The monoisotopic (exact) mass is 453 g/mol. The number of carbonyl (C=O) groups excluding carboxylic acids is 1. The van der Waals surface area contributed by atoms with Crippen molar-refractivity contribution in [3.8, 4) is 0 Å². The second kappa shape index (κ2) is 7.18. The van der Waals surface area contributed by atoms with E-state index in [9.17, 15) is 4.79 Å². The van der Waals surface area contributed by atoms with Crippen LogP contribution in [0.4, 0.5) is 0 Å². The van der Waals surface area contributed by atoms with Crippen LogP contribution in [0.2, 0.25) is 15.1 Å². The van der Waals surface area contributed by atoms with Crippen LogP contribution in [0, 0.1) is 3.57 Å². The predicted octanol–water partition coefficient (Wildman–Crippen LogP) is 5.74. The summed E-state index contributed by atoms with van der Waals surface area (Å²) in [6, 6.07) is 10.3. The highest BCUT2D eigenvalue weighted by molar-refractivity contribution is 14.1. The van der Waals surface area contributed by atoms with Gasteiger partial charge < -0.3 is 5.32 Å². The van der Waals surface area contributed by atoms with Crippen molar-refractivity contribution in [2.24, 2.45) is 0 Å². The van der Waals surface area contributed by atoms with E-state index < -0.39 is 0 Å². The van der Waals surface area contributed by atoms with Crippen LogP contribution in [-0.4, -0.2) is 5.91 Å². The maximum atomic E-state index is 12.3. The van der Waals surface area contributed by atoms with Gasteiger partial charge in [-0.15, -0.1) is 0 Å². The third-order valence-electron chi connectivity index (χ3n) is 2.96. The fraction of sp³-hybridized carbons (Fsp3) is 0.133. The largest absolute Gasteiger partial charge is 0.345 e. The lowest BCUT2D eigenvalue weighted by molar-refractivity contribution is 0.0939. The minimum absolute atomic E-state index is 0.180. The first kappa shape index (κ1) is 16.9. The van der Waals surface area contributed by atoms with Crippen LogP contribution in [0.5, 0.6) is 0 Å². The van der Waals surface area contributed by atoms with Gasteiger partial charge in [0.25, 0.3) is 5.91 Å². The van der Waals surface area contributed by atoms with Crippen molar-refractivity contribution >= 4 is 63.3 Å². The third kappa shape index (κ3) is 4.25. The first-order valence-corrected chi connectivity index (χ1v) is 8.30. The Morgan fingerprint density at radius 2 is 1.81 bits per heavy atom. The Labute approximate surface area is 151 Å². The van der Waals surface area contributed by atoms with Crippen LogP contribution in [0.3, 0.4) is 0 Å². The van der Waals surface area contributed by atoms with E-state index in [-0.39, 0.29) is 11.9 Å². The number of carbonyl (C=O) groups is 1. The van der Waals surface area contributed by atoms with Crippen LogP contribution in [0.1, 0.15) is 28.9 Å². The van der Waals surface area contributed by atoms with Crippen LogP contribution in [0.25, 0.3) is 0 Å². The Kier molecular flexibility index (Phi) is 5.77. The minimum atomic E-state index is -0.193. The highest BCUT2D eigenvalue weighted by Gasteiger charge is 2.15. The molecule has 1 amide bonds. The minimum Gasteiger partial charge on any atom is -0.345 e. The van der Waals surface area contributed by atoms with Crippen LogP contribution in [-0.2, 0) is 0 Å². The molecule has 6 heteroatoms. The zero-order chi connectivity index (χ0) is 15.6. The smallest absolute Gasteiger partial charge is 0.252 e. The summed E-state index contributed by atoms with van der Waals surface area (Å²) in [5.74, 6) is -0.180. The van der Waals surface area contributed by atoms with E-state index in [1.54, 1.807) is 24.3 Å². The third-order valence-corrected chi connectivity index (χ3v) is 4.88. The van der Waals surface area contributed by atoms with Crippen molar-refractivity contribution in [2.75, 3.05) is 0 Å². The number of amides is 1. The molecule has 0 saturated carbocycles. The molecule has 0 heterocycles. The normalized spacial score (nSPS) is 12.0. The van der Waals surface area contributed by atoms with Gasteiger partial charge in [0.05, 0.1) is 21.7 Å².